The molecule has 0 amide bonds. The summed E-state index contributed by atoms with van der Waals surface area (Å²) in [5.41, 5.74) is -5.54. The van der Waals surface area contributed by atoms with Gasteiger partial charge in [0.1, 0.15) is 0 Å². The predicted molar refractivity (Wildman–Crippen MR) is 64.0 cm³/mol. The van der Waals surface area contributed by atoms with E-state index in [9.17, 15) is 43.9 Å². The van der Waals surface area contributed by atoms with Crippen LogP contribution >= 0.6 is 0 Å². The Morgan fingerprint density at radius 3 is 0.840 bits per heavy atom. The minimum atomic E-state index is -2.58. The van der Waals surface area contributed by atoms with Crippen molar-refractivity contribution in [1.29, 1.82) is 0 Å². The molecule has 0 aromatic heterocycles. The molecule has 0 atom stereocenters. The van der Waals surface area contributed by atoms with E-state index in [0.29, 0.717) is 7.05 Å². The van der Waals surface area contributed by atoms with Gasteiger partial charge in [0.25, 0.3) is 0 Å². The van der Waals surface area contributed by atoms with Crippen molar-refractivity contribution in [3.05, 3.63) is 69.3 Å². The lowest BCUT2D eigenvalue weighted by Gasteiger charge is -2.13. The van der Waals surface area contributed by atoms with E-state index in [0.717, 1.165) is 0 Å². The Morgan fingerprint density at radius 1 is 0.440 bits per heavy atom. The van der Waals surface area contributed by atoms with Crippen molar-refractivity contribution in [1.82, 2.24) is 0 Å². The van der Waals surface area contributed by atoms with Gasteiger partial charge in [-0.05, 0) is 0 Å². The highest BCUT2D eigenvalue weighted by atomic mass is 19.2. The van der Waals surface area contributed by atoms with Crippen LogP contribution in [-0.4, -0.2) is 12.8 Å². The van der Waals surface area contributed by atoms with Gasteiger partial charge in [-0.15, -0.1) is 0 Å². The zero-order valence-corrected chi connectivity index (χ0v) is 11.7. The predicted octanol–water partition coefficient (Wildman–Crippen LogP) is 4.54. The van der Waals surface area contributed by atoms with Crippen LogP contribution in [0.15, 0.2) is 4.99 Å². The molecule has 134 valence electrons. The second-order valence-corrected chi connectivity index (χ2v) is 4.46. The number of rotatable bonds is 2. The number of aliphatic imine (C=N–C) groups is 1. The Hall–Kier alpha value is -2.59. The summed E-state index contributed by atoms with van der Waals surface area (Å²) >= 11 is 0. The lowest BCUT2D eigenvalue weighted by atomic mass is 9.98. The number of nitrogens with zero attached hydrogens (tertiary/aromatic N) is 1. The minimum absolute atomic E-state index is 0.589. The maximum Gasteiger partial charge on any atom is 0.200 e. The van der Waals surface area contributed by atoms with Crippen LogP contribution in [0.2, 0.25) is 0 Å². The first-order valence-electron chi connectivity index (χ1n) is 6.06. The first-order valence-corrected chi connectivity index (χ1v) is 6.06. The second-order valence-electron chi connectivity index (χ2n) is 4.46. The average molecular weight is 375 g/mol. The first-order chi connectivity index (χ1) is 11.6. The van der Waals surface area contributed by atoms with Crippen LogP contribution in [0.4, 0.5) is 43.9 Å². The molecule has 0 spiro atoms. The third kappa shape index (κ3) is 2.63. The smallest absolute Gasteiger partial charge is 0.200 e. The molecule has 1 nitrogen and oxygen atoms in total. The van der Waals surface area contributed by atoms with Crippen molar-refractivity contribution in [2.75, 3.05) is 7.05 Å². The van der Waals surface area contributed by atoms with E-state index in [4.69, 9.17) is 0 Å². The summed E-state index contributed by atoms with van der Waals surface area (Å²) in [6.07, 6.45) is 0. The highest BCUT2D eigenvalue weighted by Crippen LogP contribution is 2.30. The van der Waals surface area contributed by atoms with E-state index in [1.807, 2.05) is 0 Å². The largest absolute Gasteiger partial charge is 0.287 e. The average Bonchev–Trinajstić information content (AvgIpc) is 2.60. The molecule has 25 heavy (non-hydrogen) atoms. The van der Waals surface area contributed by atoms with Gasteiger partial charge in [0.05, 0.1) is 16.8 Å². The summed E-state index contributed by atoms with van der Waals surface area (Å²) in [6.45, 7) is 0. The van der Waals surface area contributed by atoms with Crippen LogP contribution in [0.3, 0.4) is 0 Å². The van der Waals surface area contributed by atoms with Crippen LogP contribution in [0, 0.1) is 58.2 Å². The van der Waals surface area contributed by atoms with Crippen LogP contribution in [0.1, 0.15) is 11.1 Å². The molecule has 0 aliphatic carbocycles. The van der Waals surface area contributed by atoms with E-state index in [1.54, 1.807) is 0 Å². The number of halogens is 10. The van der Waals surface area contributed by atoms with Gasteiger partial charge >= 0.3 is 0 Å². The lowest BCUT2D eigenvalue weighted by molar-refractivity contribution is 0.373. The van der Waals surface area contributed by atoms with Crippen molar-refractivity contribution >= 4 is 5.71 Å². The van der Waals surface area contributed by atoms with Gasteiger partial charge in [0, 0.05) is 7.05 Å². The zero-order valence-electron chi connectivity index (χ0n) is 11.7. The molecule has 0 heterocycles. The third-order valence-electron chi connectivity index (χ3n) is 3.12. The van der Waals surface area contributed by atoms with Gasteiger partial charge in [-0.1, -0.05) is 0 Å². The summed E-state index contributed by atoms with van der Waals surface area (Å²) in [4.78, 5) is 2.94. The molecule has 11 heteroatoms. The monoisotopic (exact) mass is 375 g/mol. The maximum atomic E-state index is 13.8. The number of hydrogen-bond donors (Lipinski definition) is 0. The fourth-order valence-electron chi connectivity index (χ4n) is 1.97. The molecule has 0 aliphatic rings. The molecule has 2 aromatic carbocycles. The first kappa shape index (κ1) is 18.7. The fraction of sp³-hybridized carbons (Fsp3) is 0.0714. The molecule has 0 aliphatic heterocycles. The topological polar surface area (TPSA) is 12.4 Å². The van der Waals surface area contributed by atoms with Gasteiger partial charge in [-0.25, -0.2) is 43.9 Å². The van der Waals surface area contributed by atoms with Crippen LogP contribution in [0.25, 0.3) is 0 Å². The molecule has 0 fully saturated rings. The number of hydrogen-bond acceptors (Lipinski definition) is 1. The molecule has 0 saturated carbocycles. The maximum absolute atomic E-state index is 13.8. The Kier molecular flexibility index (Phi) is 4.78. The van der Waals surface area contributed by atoms with Crippen molar-refractivity contribution < 1.29 is 43.9 Å². The number of benzene rings is 2. The van der Waals surface area contributed by atoms with E-state index >= 15 is 0 Å². The van der Waals surface area contributed by atoms with Crippen molar-refractivity contribution in [2.45, 2.75) is 0 Å². The molecule has 2 rings (SSSR count). The lowest BCUT2D eigenvalue weighted by Crippen LogP contribution is -2.19. The van der Waals surface area contributed by atoms with Gasteiger partial charge in [-0.3, -0.25) is 4.99 Å². The van der Waals surface area contributed by atoms with Crippen LogP contribution in [-0.2, 0) is 0 Å². The Bertz CT molecular complexity index is 789. The molecule has 0 saturated heterocycles. The standard InChI is InChI=1S/C14H3F10N/c1-25-14(2-4(15)8(19)12(23)9(20)5(2)16)3-6(17)10(21)13(24)11(22)7(3)18/h1H3. The Morgan fingerprint density at radius 2 is 0.640 bits per heavy atom. The van der Waals surface area contributed by atoms with Crippen LogP contribution in [0.5, 0.6) is 0 Å². The summed E-state index contributed by atoms with van der Waals surface area (Å²) < 4.78 is 134. The van der Waals surface area contributed by atoms with Crippen molar-refractivity contribution in [2.24, 2.45) is 4.99 Å². The minimum Gasteiger partial charge on any atom is -0.287 e. The Balaban J connectivity index is 2.96. The summed E-state index contributed by atoms with van der Waals surface area (Å²) in [5.74, 6) is -25.3. The highest BCUT2D eigenvalue weighted by molar-refractivity contribution is 6.13. The van der Waals surface area contributed by atoms with Gasteiger partial charge < -0.3 is 0 Å². The molecule has 2 aromatic rings. The quantitative estimate of drug-likeness (QED) is 0.316. The molecule has 0 radical (unpaired) electrons. The molecular weight excluding hydrogens is 372 g/mol. The zero-order chi connectivity index (χ0) is 19.2. The molecule has 0 bridgehead atoms. The highest BCUT2D eigenvalue weighted by Gasteiger charge is 2.34. The van der Waals surface area contributed by atoms with E-state index in [-0.39, 0.29) is 0 Å². The van der Waals surface area contributed by atoms with Crippen molar-refractivity contribution in [3.8, 4) is 0 Å². The van der Waals surface area contributed by atoms with E-state index < -0.39 is 75.0 Å². The fourth-order valence-corrected chi connectivity index (χ4v) is 1.97. The Labute approximate surface area is 132 Å². The van der Waals surface area contributed by atoms with Gasteiger partial charge in [0.2, 0.25) is 11.6 Å². The van der Waals surface area contributed by atoms with E-state index in [1.165, 1.54) is 0 Å². The molecular formula is C14H3F10N. The van der Waals surface area contributed by atoms with Crippen LogP contribution < -0.4 is 0 Å². The second kappa shape index (κ2) is 6.37. The van der Waals surface area contributed by atoms with Gasteiger partial charge in [0.15, 0.2) is 46.5 Å². The van der Waals surface area contributed by atoms with Gasteiger partial charge in [-0.2, -0.15) is 0 Å². The summed E-state index contributed by atoms with van der Waals surface area (Å²) in [7, 11) is 0.589. The van der Waals surface area contributed by atoms with E-state index in [2.05, 4.69) is 4.99 Å². The molecule has 0 N–H and O–H groups in total. The molecule has 0 unspecified atom stereocenters. The normalized spacial score (nSPS) is 11.0. The SMILES string of the molecule is CN=C(c1c(F)c(F)c(F)c(F)c1F)c1c(F)c(F)c(F)c(F)c1F. The van der Waals surface area contributed by atoms with Crippen molar-refractivity contribution in [3.63, 3.8) is 0 Å². The summed E-state index contributed by atoms with van der Waals surface area (Å²) in [5, 5.41) is 0. The summed E-state index contributed by atoms with van der Waals surface area (Å²) in [6, 6.07) is 0. The third-order valence-corrected chi connectivity index (χ3v) is 3.12.